The molecule has 1 aromatic carbocycles. The Morgan fingerprint density at radius 3 is 2.73 bits per heavy atom. The number of halogens is 2. The lowest BCUT2D eigenvalue weighted by molar-refractivity contribution is 0.342. The van der Waals surface area contributed by atoms with Gasteiger partial charge in [-0.25, -0.2) is 0 Å². The molecule has 26 heavy (non-hydrogen) atoms. The average molecular weight is 535 g/mol. The van der Waals surface area contributed by atoms with Gasteiger partial charge in [0.1, 0.15) is 0 Å². The van der Waals surface area contributed by atoms with Crippen molar-refractivity contribution >= 4 is 45.9 Å². The third kappa shape index (κ3) is 5.83. The number of rotatable bonds is 7. The number of benzene rings is 1. The minimum atomic E-state index is 0. The van der Waals surface area contributed by atoms with Crippen LogP contribution in [0.4, 0.5) is 0 Å². The van der Waals surface area contributed by atoms with E-state index in [9.17, 15) is 0 Å². The van der Waals surface area contributed by atoms with Crippen LogP contribution < -0.4 is 10.6 Å². The highest BCUT2D eigenvalue weighted by Crippen LogP contribution is 2.48. The third-order valence-corrected chi connectivity index (χ3v) is 6.04. The summed E-state index contributed by atoms with van der Waals surface area (Å²) in [5.74, 6) is 1.71. The molecule has 4 nitrogen and oxygen atoms in total. The summed E-state index contributed by atoms with van der Waals surface area (Å²) < 4.78 is 1.16. The van der Waals surface area contributed by atoms with Crippen molar-refractivity contribution in [3.05, 3.63) is 34.3 Å². The van der Waals surface area contributed by atoms with Crippen LogP contribution in [0.3, 0.4) is 0 Å². The fourth-order valence-electron chi connectivity index (χ4n) is 3.69. The smallest absolute Gasteiger partial charge is 0.191 e. The molecule has 1 aliphatic heterocycles. The largest absolute Gasteiger partial charge is 0.357 e. The summed E-state index contributed by atoms with van der Waals surface area (Å²) in [7, 11) is 0. The maximum atomic E-state index is 4.92. The first kappa shape index (κ1) is 22.0. The van der Waals surface area contributed by atoms with E-state index < -0.39 is 0 Å². The van der Waals surface area contributed by atoms with E-state index in [1.165, 1.54) is 44.5 Å². The van der Waals surface area contributed by atoms with Crippen LogP contribution in [0.25, 0.3) is 0 Å². The number of hydrogen-bond acceptors (Lipinski definition) is 2. The standard InChI is InChI=1S/C20H31BrN4.HI/c1-3-22-19(23-13-16-8-11-25(4-2)14-16)24-15-20(9-10-20)17-6-5-7-18(21)12-17;/h5-7,12,16H,3-4,8-11,13-15H2,1-2H3,(H2,22,23,24);1H. The van der Waals surface area contributed by atoms with Crippen LogP contribution in [0.15, 0.2) is 33.7 Å². The lowest BCUT2D eigenvalue weighted by atomic mass is 9.96. The summed E-state index contributed by atoms with van der Waals surface area (Å²) >= 11 is 3.60. The fourth-order valence-corrected chi connectivity index (χ4v) is 4.09. The molecule has 0 bridgehead atoms. The molecular formula is C20H32BrIN4. The zero-order chi connectivity index (χ0) is 17.7. The van der Waals surface area contributed by atoms with E-state index in [4.69, 9.17) is 4.99 Å². The van der Waals surface area contributed by atoms with Gasteiger partial charge in [-0.3, -0.25) is 4.99 Å². The van der Waals surface area contributed by atoms with E-state index in [-0.39, 0.29) is 29.4 Å². The van der Waals surface area contributed by atoms with Crippen molar-refractivity contribution in [2.75, 3.05) is 39.3 Å². The van der Waals surface area contributed by atoms with Gasteiger partial charge in [-0.2, -0.15) is 0 Å². The molecule has 1 unspecified atom stereocenters. The van der Waals surface area contributed by atoms with Crippen molar-refractivity contribution < 1.29 is 0 Å². The van der Waals surface area contributed by atoms with Crippen molar-refractivity contribution in [1.82, 2.24) is 15.5 Å². The maximum Gasteiger partial charge on any atom is 0.191 e. The number of hydrogen-bond donors (Lipinski definition) is 2. The van der Waals surface area contributed by atoms with Crippen LogP contribution in [0, 0.1) is 5.92 Å². The van der Waals surface area contributed by atoms with Crippen molar-refractivity contribution in [2.45, 2.75) is 38.5 Å². The lowest BCUT2D eigenvalue weighted by Crippen LogP contribution is -2.40. The monoisotopic (exact) mass is 534 g/mol. The average Bonchev–Trinajstić information content (AvgIpc) is 3.27. The second-order valence-corrected chi connectivity index (χ2v) is 8.33. The number of aliphatic imine (C=N–C) groups is 1. The molecule has 1 aromatic rings. The molecule has 0 spiro atoms. The van der Waals surface area contributed by atoms with Gasteiger partial charge < -0.3 is 15.5 Å². The predicted molar refractivity (Wildman–Crippen MR) is 125 cm³/mol. The van der Waals surface area contributed by atoms with Crippen molar-refractivity contribution in [3.8, 4) is 0 Å². The molecule has 0 amide bonds. The highest BCUT2D eigenvalue weighted by atomic mass is 127. The molecule has 2 fully saturated rings. The topological polar surface area (TPSA) is 39.7 Å². The molecule has 1 saturated heterocycles. The van der Waals surface area contributed by atoms with Crippen LogP contribution >= 0.6 is 39.9 Å². The van der Waals surface area contributed by atoms with E-state index >= 15 is 0 Å². The van der Waals surface area contributed by atoms with Gasteiger partial charge >= 0.3 is 0 Å². The summed E-state index contributed by atoms with van der Waals surface area (Å²) in [4.78, 5) is 7.45. The van der Waals surface area contributed by atoms with E-state index in [0.717, 1.165) is 36.0 Å². The second-order valence-electron chi connectivity index (χ2n) is 7.41. The molecule has 6 heteroatoms. The van der Waals surface area contributed by atoms with Gasteiger partial charge in [0.15, 0.2) is 5.96 Å². The fraction of sp³-hybridized carbons (Fsp3) is 0.650. The van der Waals surface area contributed by atoms with E-state index in [1.807, 2.05) is 0 Å². The first-order valence-corrected chi connectivity index (χ1v) is 10.4. The Morgan fingerprint density at radius 1 is 1.31 bits per heavy atom. The number of nitrogens with zero attached hydrogens (tertiary/aromatic N) is 2. The van der Waals surface area contributed by atoms with Gasteiger partial charge in [-0.05, 0) is 62.9 Å². The molecule has 146 valence electrons. The van der Waals surface area contributed by atoms with Crippen molar-refractivity contribution in [1.29, 1.82) is 0 Å². The molecule has 0 radical (unpaired) electrons. The molecule has 1 aliphatic carbocycles. The van der Waals surface area contributed by atoms with Gasteiger partial charge in [0.25, 0.3) is 0 Å². The molecule has 1 saturated carbocycles. The van der Waals surface area contributed by atoms with Crippen LogP contribution in [0.1, 0.15) is 38.7 Å². The summed E-state index contributed by atoms with van der Waals surface area (Å²) in [5, 5.41) is 6.98. The van der Waals surface area contributed by atoms with Crippen LogP contribution in [0.5, 0.6) is 0 Å². The Hall–Kier alpha value is -0.340. The van der Waals surface area contributed by atoms with Gasteiger partial charge in [0.05, 0.1) is 6.54 Å². The first-order valence-electron chi connectivity index (χ1n) is 9.66. The van der Waals surface area contributed by atoms with Crippen molar-refractivity contribution in [3.63, 3.8) is 0 Å². The van der Waals surface area contributed by atoms with Gasteiger partial charge in [0, 0.05) is 29.5 Å². The van der Waals surface area contributed by atoms with Crippen LogP contribution in [0.2, 0.25) is 0 Å². The lowest BCUT2D eigenvalue weighted by Gasteiger charge is -2.18. The summed E-state index contributed by atoms with van der Waals surface area (Å²) in [6.07, 6.45) is 3.77. The SMILES string of the molecule is CCNC(=NCC1(c2cccc(Br)c2)CC1)NCC1CCN(CC)C1.I. The van der Waals surface area contributed by atoms with E-state index in [2.05, 4.69) is 69.6 Å². The molecular weight excluding hydrogens is 503 g/mol. The number of nitrogens with one attached hydrogen (secondary N) is 2. The summed E-state index contributed by atoms with van der Waals surface area (Å²) in [6, 6.07) is 8.72. The van der Waals surface area contributed by atoms with Crippen LogP contribution in [-0.4, -0.2) is 50.1 Å². The van der Waals surface area contributed by atoms with Crippen LogP contribution in [-0.2, 0) is 5.41 Å². The Bertz CT molecular complexity index is 603. The minimum Gasteiger partial charge on any atom is -0.357 e. The zero-order valence-electron chi connectivity index (χ0n) is 15.9. The molecule has 0 aromatic heterocycles. The van der Waals surface area contributed by atoms with Gasteiger partial charge in [-0.15, -0.1) is 24.0 Å². The van der Waals surface area contributed by atoms with E-state index in [1.54, 1.807) is 0 Å². The highest BCUT2D eigenvalue weighted by molar-refractivity contribution is 14.0. The molecule has 2 aliphatic rings. The molecule has 3 rings (SSSR count). The maximum absolute atomic E-state index is 4.92. The van der Waals surface area contributed by atoms with Crippen molar-refractivity contribution in [2.24, 2.45) is 10.9 Å². The van der Waals surface area contributed by atoms with Gasteiger partial charge in [0.2, 0.25) is 0 Å². The third-order valence-electron chi connectivity index (χ3n) is 5.55. The molecule has 1 atom stereocenters. The predicted octanol–water partition coefficient (Wildman–Crippen LogP) is 4.00. The Morgan fingerprint density at radius 2 is 2.12 bits per heavy atom. The summed E-state index contributed by atoms with van der Waals surface area (Å²) in [5.41, 5.74) is 1.66. The normalized spacial score (nSPS) is 22.0. The Labute approximate surface area is 183 Å². The van der Waals surface area contributed by atoms with E-state index in [0.29, 0.717) is 0 Å². The quantitative estimate of drug-likeness (QED) is 0.315. The highest BCUT2D eigenvalue weighted by Gasteiger charge is 2.44. The Kier molecular flexibility index (Phi) is 8.67. The zero-order valence-corrected chi connectivity index (χ0v) is 19.8. The van der Waals surface area contributed by atoms with Gasteiger partial charge in [-0.1, -0.05) is 35.0 Å². The first-order chi connectivity index (χ1) is 12.1. The summed E-state index contributed by atoms with van der Waals surface area (Å²) in [6.45, 7) is 10.8. The Balaban J connectivity index is 0.00000243. The number of likely N-dealkylation sites (tertiary alicyclic amines) is 1. The number of guanidine groups is 1. The molecule has 2 N–H and O–H groups in total. The second kappa shape index (κ2) is 10.3. The molecule has 1 heterocycles. The minimum absolute atomic E-state index is 0.